The first-order valence-corrected chi connectivity index (χ1v) is 49.2. The molecule has 0 bridgehead atoms. The number of anilines is 2. The molecule has 0 saturated heterocycles. The second-order valence-electron chi connectivity index (χ2n) is 34.1. The summed E-state index contributed by atoms with van der Waals surface area (Å²) in [5.74, 6) is 28.3. The monoisotopic (exact) mass is 2010 g/mol. The predicted molar refractivity (Wildman–Crippen MR) is 590 cm³/mol. The molecule has 1 aliphatic rings. The van der Waals surface area contributed by atoms with Gasteiger partial charge in [0.15, 0.2) is 17.9 Å². The first-order chi connectivity index (χ1) is 71.7. The number of unbranched alkanes of at least 4 members (excludes halogenated alkanes) is 2. The van der Waals surface area contributed by atoms with E-state index in [4.69, 9.17) is 112 Å². The van der Waals surface area contributed by atoms with Crippen molar-refractivity contribution in [3.63, 3.8) is 0 Å². The van der Waals surface area contributed by atoms with Gasteiger partial charge >= 0.3 is 6.18 Å². The minimum Gasteiger partial charge on any atom is -0.493 e. The molecule has 11 aromatic carbocycles. The topological polar surface area (TPSA) is 520 Å². The third kappa shape index (κ3) is 39.3. The van der Waals surface area contributed by atoms with E-state index in [1.165, 1.54) is 5.56 Å². The van der Waals surface area contributed by atoms with Crippen LogP contribution in [0.15, 0.2) is 244 Å². The lowest BCUT2D eigenvalue weighted by molar-refractivity contribution is -0.137. The molecule has 0 radical (unpaired) electrons. The summed E-state index contributed by atoms with van der Waals surface area (Å²) in [6.07, 6.45) is 6.91. The minimum atomic E-state index is -4.68. The Morgan fingerprint density at radius 1 is 0.338 bits per heavy atom. The van der Waals surface area contributed by atoms with Gasteiger partial charge in [-0.1, -0.05) is 123 Å². The van der Waals surface area contributed by atoms with Gasteiger partial charge in [0.25, 0.3) is 5.91 Å². The largest absolute Gasteiger partial charge is 0.493 e. The molecule has 0 heterocycles. The van der Waals surface area contributed by atoms with Gasteiger partial charge in [0, 0.05) is 63.5 Å². The van der Waals surface area contributed by atoms with Crippen molar-refractivity contribution in [3.05, 3.63) is 269 Å². The lowest BCUT2D eigenvalue weighted by atomic mass is 9.92. The minimum absolute atomic E-state index is 0.0143. The average molecular weight is 2010 g/mol. The Kier molecular flexibility index (Phi) is 46.8. The van der Waals surface area contributed by atoms with Crippen molar-refractivity contribution >= 4 is 52.5 Å². The molecule has 0 unspecified atom stereocenters. The highest BCUT2D eigenvalue weighted by atomic mass is 19.4. The molecule has 29 nitrogen and oxygen atoms in total. The molecule has 12 rings (SSSR count). The van der Waals surface area contributed by atoms with Crippen molar-refractivity contribution in [3.8, 4) is 160 Å². The number of nitrogens with two attached hydrogens (primary N) is 13. The lowest BCUT2D eigenvalue weighted by Gasteiger charge is -2.16. The molecule has 11 aromatic rings. The molecule has 774 valence electrons. The highest BCUT2D eigenvalue weighted by molar-refractivity contribution is 6.05. The number of hydrogen-bond acceptors (Lipinski definition) is 20. The Hall–Kier alpha value is -16.4. The summed E-state index contributed by atoms with van der Waals surface area (Å²) in [5.41, 5.74) is 86.9. The van der Waals surface area contributed by atoms with E-state index in [1.807, 2.05) is 127 Å². The Morgan fingerprint density at radius 3 is 0.926 bits per heavy atom. The van der Waals surface area contributed by atoms with E-state index < -0.39 is 11.7 Å². The van der Waals surface area contributed by atoms with Crippen LogP contribution in [0.5, 0.6) is 46.0 Å². The fourth-order valence-electron chi connectivity index (χ4n) is 14.8. The van der Waals surface area contributed by atoms with Crippen molar-refractivity contribution in [2.75, 3.05) is 129 Å². The van der Waals surface area contributed by atoms with Crippen LogP contribution in [-0.2, 0) is 17.4 Å². The molecular weight excluding hydrogens is 1880 g/mol. The molecule has 0 saturated carbocycles. The number of aliphatic imine (C=N–C) groups is 4. The van der Waals surface area contributed by atoms with Crippen molar-refractivity contribution in [2.24, 2.45) is 94.5 Å². The summed E-state index contributed by atoms with van der Waals surface area (Å²) in [4.78, 5) is 42.5. The van der Waals surface area contributed by atoms with Crippen LogP contribution in [-0.4, -0.2) is 154 Å². The van der Waals surface area contributed by atoms with Gasteiger partial charge in [0.2, 0.25) is 5.91 Å². The van der Waals surface area contributed by atoms with Crippen molar-refractivity contribution in [1.82, 2.24) is 0 Å². The van der Waals surface area contributed by atoms with E-state index in [1.54, 1.807) is 61.5 Å². The Balaban J connectivity index is 0.000000227. The number of amides is 2. The number of guanidine groups is 3. The molecule has 148 heavy (non-hydrogen) atoms. The predicted octanol–water partition coefficient (Wildman–Crippen LogP) is 15.6. The number of carbonyl (C=O) groups is 2. The molecule has 0 atom stereocenters. The first kappa shape index (κ1) is 114. The fraction of sp³-hybridized carbons (Fsp3) is 0.293. The highest BCUT2D eigenvalue weighted by Crippen LogP contribution is 2.43. The van der Waals surface area contributed by atoms with Gasteiger partial charge in [0.1, 0.15) is 72.2 Å². The molecular formula is C116H134F3N19O10. The maximum absolute atomic E-state index is 14.4. The number of benzene rings is 11. The number of nitrogens with zero attached hydrogens (tertiary/aromatic N) is 4. The van der Waals surface area contributed by atoms with Crippen LogP contribution < -0.4 is 123 Å². The number of ether oxygens (including phenoxy) is 8. The lowest BCUT2D eigenvalue weighted by Crippen LogP contribution is -2.22. The SMILES string of the molecule is CC(N)=NCC#Cc1cc(C#CCN=C(N)N)cc(-c2cc(-c3cc(C#CCN=C(N)N)cc(C#CCN=C(N)N)c3)cc(C(F)(F)F)c2)c1.CCCCOc1cc(OCCCN)cc(-c2cc(NC(=O)CC3=CCc4ccccc43)cc(-c3cc(OCCCN)cc(OCCCN)c3)c2)c1.CCCCOc1cc(OCCCN)cc(-c2cc(NC(=O)c3ccccc3)cc(-c3cc(OCCCN)cc(OCCCN)c3)c2)c1. The summed E-state index contributed by atoms with van der Waals surface area (Å²) in [6, 6.07) is 66.7. The quantitative estimate of drug-likeness (QED) is 0.00729. The molecule has 0 fully saturated rings. The van der Waals surface area contributed by atoms with E-state index >= 15 is 0 Å². The van der Waals surface area contributed by atoms with E-state index in [0.29, 0.717) is 189 Å². The smallest absolute Gasteiger partial charge is 0.416 e. The van der Waals surface area contributed by atoms with Crippen molar-refractivity contribution < 1.29 is 60.7 Å². The van der Waals surface area contributed by atoms with Crippen LogP contribution in [0.3, 0.4) is 0 Å². The number of carbonyl (C=O) groups excluding carboxylic acids is 2. The standard InChI is InChI=1S/C42H52N4O5.C38H48N4O5.C36H34F3N11/c1-2-3-16-48-37-23-34(24-38(28-37)49-17-6-13-43)32-20-33(35-25-39(50-18-7-14-44)29-40(26-35)51-19-8-15-45)22-36(21-32)46-42(47)27-31-12-11-30-9-4-5-10-41(30)31;1-2-3-15-44-34-22-31(23-35(26-34)45-16-7-12-39)29-19-30(21-33(20-29)42-38(43)28-10-5-4-6-11-28)32-24-36(46-17-8-13-40)27-37(25-32)47-18-9-14-41;1-23(40)47-10-2-6-24-14-25(7-3-11-48-33(41)42)17-28(16-24)30-20-31(22-32(21-30)36(37,38)39)29-18-26(8-4-12-49-34(43)44)15-27(19-29)9-5-13-50-35(45)46/h4-5,9-10,12,20-26,28-29H,2-3,6-8,11,13-19,27,43-45H2,1H3,(H,46,47);4-6,10-11,19-27H,2-3,7-9,12-18,39-41H2,1H3,(H,42,43);14-22H,10-13H2,1H3,(H2,40,47)(H4,41,42,48)(H4,43,44,49)(H4,45,46,50). The zero-order valence-corrected chi connectivity index (χ0v) is 84.1. The van der Waals surface area contributed by atoms with Gasteiger partial charge in [-0.25, -0.2) is 15.0 Å². The molecule has 0 aliphatic heterocycles. The van der Waals surface area contributed by atoms with E-state index in [9.17, 15) is 22.8 Å². The van der Waals surface area contributed by atoms with Crippen LogP contribution in [0.25, 0.3) is 72.3 Å². The Labute approximate surface area is 864 Å². The van der Waals surface area contributed by atoms with Gasteiger partial charge in [-0.3, -0.25) is 14.6 Å². The maximum Gasteiger partial charge on any atom is 0.416 e. The second-order valence-corrected chi connectivity index (χ2v) is 34.1. The van der Waals surface area contributed by atoms with Gasteiger partial charge in [0.05, 0.1) is 70.7 Å². The van der Waals surface area contributed by atoms with Gasteiger partial charge < -0.3 is 123 Å². The first-order valence-electron chi connectivity index (χ1n) is 49.2. The van der Waals surface area contributed by atoms with E-state index in [0.717, 1.165) is 144 Å². The van der Waals surface area contributed by atoms with E-state index in [-0.39, 0.29) is 73.4 Å². The van der Waals surface area contributed by atoms with Crippen LogP contribution in [0.2, 0.25) is 0 Å². The number of alkyl halides is 3. The molecule has 2 amide bonds. The summed E-state index contributed by atoms with van der Waals surface area (Å²) in [7, 11) is 0. The van der Waals surface area contributed by atoms with Gasteiger partial charge in [-0.2, -0.15) is 13.2 Å². The normalized spacial score (nSPS) is 11.0. The summed E-state index contributed by atoms with van der Waals surface area (Å²) in [5, 5.41) is 6.30. The van der Waals surface area contributed by atoms with Crippen LogP contribution in [0.4, 0.5) is 24.5 Å². The average Bonchev–Trinajstić information content (AvgIpc) is 0.947. The summed E-state index contributed by atoms with van der Waals surface area (Å²) >= 11 is 0. The van der Waals surface area contributed by atoms with E-state index in [2.05, 4.69) is 122 Å². The molecule has 1 aliphatic carbocycles. The number of rotatable bonds is 47. The number of nitrogens with one attached hydrogen (secondary N) is 2. The number of allylic oxidation sites excluding steroid dienone is 1. The Bertz CT molecular complexity index is 6150. The number of fused-ring (bicyclic) bond motifs is 1. The maximum atomic E-state index is 14.4. The van der Waals surface area contributed by atoms with Crippen LogP contribution in [0.1, 0.15) is 141 Å². The summed E-state index contributed by atoms with van der Waals surface area (Å²) in [6.45, 7) is 13.4. The second kappa shape index (κ2) is 61.0. The van der Waals surface area contributed by atoms with Crippen LogP contribution >= 0.6 is 0 Å². The number of hydrogen-bond donors (Lipinski definition) is 15. The van der Waals surface area contributed by atoms with Crippen molar-refractivity contribution in [2.45, 2.75) is 104 Å². The Morgan fingerprint density at radius 2 is 0.622 bits per heavy atom. The number of halogens is 3. The molecule has 32 heteroatoms. The third-order valence-electron chi connectivity index (χ3n) is 22.0. The zero-order valence-electron chi connectivity index (χ0n) is 84.1. The fourth-order valence-corrected chi connectivity index (χ4v) is 14.8. The highest BCUT2D eigenvalue weighted by Gasteiger charge is 2.32. The van der Waals surface area contributed by atoms with Gasteiger partial charge in [-0.15, -0.1) is 0 Å². The van der Waals surface area contributed by atoms with Crippen molar-refractivity contribution in [1.29, 1.82) is 0 Å². The molecule has 28 N–H and O–H groups in total. The zero-order chi connectivity index (χ0) is 106. The number of amidine groups is 1. The molecule has 0 spiro atoms. The van der Waals surface area contributed by atoms with Gasteiger partial charge in [-0.05, 0) is 339 Å². The third-order valence-corrected chi connectivity index (χ3v) is 22.0. The molecule has 0 aromatic heterocycles. The van der Waals surface area contributed by atoms with Crippen LogP contribution in [0, 0.1) is 47.4 Å². The summed E-state index contributed by atoms with van der Waals surface area (Å²) < 4.78 is 91.8.